The van der Waals surface area contributed by atoms with Gasteiger partial charge in [0.2, 0.25) is 0 Å². The lowest BCUT2D eigenvalue weighted by Gasteiger charge is -2.41. The Morgan fingerprint density at radius 1 is 1.24 bits per heavy atom. The molecule has 1 fully saturated rings. The van der Waals surface area contributed by atoms with Crippen LogP contribution in [0.2, 0.25) is 0 Å². The fourth-order valence-corrected chi connectivity index (χ4v) is 3.39. The second-order valence-electron chi connectivity index (χ2n) is 5.06. The monoisotopic (exact) mass is 224 g/mol. The van der Waals surface area contributed by atoms with E-state index >= 15 is 0 Å². The minimum atomic E-state index is 0.538. The van der Waals surface area contributed by atoms with Crippen LogP contribution >= 0.6 is 0 Å². The average Bonchev–Trinajstić information content (AvgIpc) is 2.77. The molecule has 0 radical (unpaired) electrons. The molecule has 0 bridgehead atoms. The van der Waals surface area contributed by atoms with Gasteiger partial charge in [-0.3, -0.25) is 0 Å². The zero-order valence-corrected chi connectivity index (χ0v) is 9.76. The first kappa shape index (κ1) is 9.34. The van der Waals surface area contributed by atoms with E-state index in [1.807, 2.05) is 0 Å². The quantitative estimate of drug-likeness (QED) is 0.728. The number of anilines is 1. The largest absolute Gasteiger partial charge is 0.380 e. The van der Waals surface area contributed by atoms with Crippen LogP contribution in [-0.4, -0.2) is 17.5 Å². The molecule has 3 aliphatic rings. The topological polar surface area (TPSA) is 15.3 Å². The van der Waals surface area contributed by atoms with Crippen LogP contribution in [0.25, 0.3) is 0 Å². The number of nitrogens with one attached hydrogen (secondary N) is 1. The Morgan fingerprint density at radius 2 is 2.18 bits per heavy atom. The summed E-state index contributed by atoms with van der Waals surface area (Å²) in [5.74, 6) is 0. The van der Waals surface area contributed by atoms with Gasteiger partial charge in [-0.1, -0.05) is 30.4 Å². The summed E-state index contributed by atoms with van der Waals surface area (Å²) in [5.41, 5.74) is 4.31. The first-order valence-electron chi connectivity index (χ1n) is 6.41. The van der Waals surface area contributed by atoms with Crippen molar-refractivity contribution in [1.29, 1.82) is 0 Å². The molecule has 2 nitrogen and oxygen atoms in total. The smallest absolute Gasteiger partial charge is 0.0764 e. The lowest BCUT2D eigenvalue weighted by molar-refractivity contribution is 0.211. The van der Waals surface area contributed by atoms with Gasteiger partial charge in [0.15, 0.2) is 0 Å². The van der Waals surface area contributed by atoms with Gasteiger partial charge in [0.05, 0.1) is 12.1 Å². The van der Waals surface area contributed by atoms with E-state index < -0.39 is 0 Å². The summed E-state index contributed by atoms with van der Waals surface area (Å²) in [5, 5.41) is 3.68. The molecule has 0 saturated carbocycles. The molecule has 1 aromatic carbocycles. The zero-order chi connectivity index (χ0) is 11.2. The van der Waals surface area contributed by atoms with Gasteiger partial charge in [-0.2, -0.15) is 0 Å². The molecule has 4 rings (SSSR count). The second kappa shape index (κ2) is 3.39. The third kappa shape index (κ3) is 1.27. The highest BCUT2D eigenvalue weighted by molar-refractivity contribution is 5.60. The maximum absolute atomic E-state index is 3.68. The van der Waals surface area contributed by atoms with Crippen molar-refractivity contribution in [3.8, 4) is 0 Å². The van der Waals surface area contributed by atoms with Crippen molar-refractivity contribution in [3.05, 3.63) is 53.8 Å². The third-order valence-electron chi connectivity index (χ3n) is 4.14. The molecule has 2 atom stereocenters. The number of hydrogen-bond donors (Lipinski definition) is 1. The van der Waals surface area contributed by atoms with Crippen LogP contribution < -0.4 is 5.32 Å². The number of nitrogens with zero attached hydrogens (tertiary/aromatic N) is 1. The maximum atomic E-state index is 3.68. The van der Waals surface area contributed by atoms with E-state index in [9.17, 15) is 0 Å². The summed E-state index contributed by atoms with van der Waals surface area (Å²) in [6, 6.07) is 9.88. The number of benzene rings is 1. The van der Waals surface area contributed by atoms with Gasteiger partial charge < -0.3 is 10.2 Å². The fourth-order valence-electron chi connectivity index (χ4n) is 3.39. The van der Waals surface area contributed by atoms with E-state index in [-0.39, 0.29) is 0 Å². The van der Waals surface area contributed by atoms with E-state index in [1.54, 1.807) is 0 Å². The van der Waals surface area contributed by atoms with Gasteiger partial charge in [0, 0.05) is 17.9 Å². The lowest BCUT2D eigenvalue weighted by atomic mass is 9.91. The number of rotatable bonds is 0. The van der Waals surface area contributed by atoms with E-state index in [0.29, 0.717) is 12.1 Å². The molecular weight excluding hydrogens is 208 g/mol. The van der Waals surface area contributed by atoms with Crippen molar-refractivity contribution in [2.45, 2.75) is 24.9 Å². The van der Waals surface area contributed by atoms with Crippen molar-refractivity contribution in [2.24, 2.45) is 0 Å². The molecule has 0 aromatic heterocycles. The van der Waals surface area contributed by atoms with E-state index in [0.717, 1.165) is 6.54 Å². The Morgan fingerprint density at radius 3 is 3.18 bits per heavy atom. The minimum absolute atomic E-state index is 0.538. The predicted octanol–water partition coefficient (Wildman–Crippen LogP) is 3.07. The van der Waals surface area contributed by atoms with Gasteiger partial charge in [-0.15, -0.1) is 0 Å². The molecule has 1 aromatic rings. The molecular formula is C15H16N2. The van der Waals surface area contributed by atoms with Crippen molar-refractivity contribution in [3.63, 3.8) is 0 Å². The Labute approximate surface area is 102 Å². The van der Waals surface area contributed by atoms with Crippen molar-refractivity contribution >= 4 is 5.69 Å². The summed E-state index contributed by atoms with van der Waals surface area (Å²) in [4.78, 5) is 2.56. The molecule has 2 unspecified atom stereocenters. The molecule has 1 saturated heterocycles. The minimum Gasteiger partial charge on any atom is -0.380 e. The summed E-state index contributed by atoms with van der Waals surface area (Å²) < 4.78 is 0. The number of para-hydroxylation sites is 1. The lowest BCUT2D eigenvalue weighted by Crippen LogP contribution is -2.40. The Hall–Kier alpha value is -1.70. The molecule has 1 N–H and O–H groups in total. The van der Waals surface area contributed by atoms with Crippen molar-refractivity contribution < 1.29 is 0 Å². The Kier molecular flexibility index (Phi) is 1.87. The molecule has 0 amide bonds. The molecule has 2 heteroatoms. The number of piperidine rings is 1. The van der Waals surface area contributed by atoms with Gasteiger partial charge >= 0.3 is 0 Å². The second-order valence-corrected chi connectivity index (χ2v) is 5.06. The van der Waals surface area contributed by atoms with Crippen LogP contribution in [0.5, 0.6) is 0 Å². The van der Waals surface area contributed by atoms with Gasteiger partial charge in [-0.05, 0) is 30.5 Å². The molecule has 86 valence electrons. The first-order chi connectivity index (χ1) is 8.43. The predicted molar refractivity (Wildman–Crippen MR) is 69.8 cm³/mol. The van der Waals surface area contributed by atoms with Crippen molar-refractivity contribution in [1.82, 2.24) is 4.90 Å². The third-order valence-corrected chi connectivity index (χ3v) is 4.14. The SMILES string of the molecule is C1=CCN2C(=C1)CCC1Nc3ccccc3C12. The van der Waals surface area contributed by atoms with Crippen LogP contribution in [0.1, 0.15) is 24.4 Å². The van der Waals surface area contributed by atoms with Crippen LogP contribution in [-0.2, 0) is 0 Å². The molecule has 17 heavy (non-hydrogen) atoms. The van der Waals surface area contributed by atoms with E-state index in [2.05, 4.69) is 52.7 Å². The van der Waals surface area contributed by atoms with E-state index in [4.69, 9.17) is 0 Å². The summed E-state index contributed by atoms with van der Waals surface area (Å²) in [6.45, 7) is 1.06. The standard InChI is InChI=1S/C15H16N2/c1-2-7-13-12(6-1)15-14(16-13)9-8-11-5-3-4-10-17(11)15/h1-7,14-16H,8-10H2. The van der Waals surface area contributed by atoms with Crippen LogP contribution in [0.3, 0.4) is 0 Å². The van der Waals surface area contributed by atoms with Gasteiger partial charge in [0.1, 0.15) is 0 Å². The summed E-state index contributed by atoms with van der Waals surface area (Å²) in [6.07, 6.45) is 9.18. The number of allylic oxidation sites excluding steroid dienone is 3. The Balaban J connectivity index is 1.80. The normalized spacial score (nSPS) is 28.9. The fraction of sp³-hybridized carbons (Fsp3) is 0.333. The summed E-state index contributed by atoms with van der Waals surface area (Å²) >= 11 is 0. The summed E-state index contributed by atoms with van der Waals surface area (Å²) in [7, 11) is 0. The first-order valence-corrected chi connectivity index (χ1v) is 6.41. The molecule has 3 aliphatic heterocycles. The average molecular weight is 224 g/mol. The van der Waals surface area contributed by atoms with Gasteiger partial charge in [0.25, 0.3) is 0 Å². The zero-order valence-electron chi connectivity index (χ0n) is 9.76. The molecule has 0 aliphatic carbocycles. The van der Waals surface area contributed by atoms with Gasteiger partial charge in [-0.25, -0.2) is 0 Å². The highest BCUT2D eigenvalue weighted by Crippen LogP contribution is 2.45. The molecule has 0 spiro atoms. The Bertz CT molecular complexity index is 515. The number of fused-ring (bicyclic) bond motifs is 5. The highest BCUT2D eigenvalue weighted by Gasteiger charge is 2.39. The van der Waals surface area contributed by atoms with Crippen LogP contribution in [0.15, 0.2) is 48.2 Å². The maximum Gasteiger partial charge on any atom is 0.0764 e. The van der Waals surface area contributed by atoms with E-state index in [1.165, 1.54) is 29.8 Å². The van der Waals surface area contributed by atoms with Crippen LogP contribution in [0.4, 0.5) is 5.69 Å². The van der Waals surface area contributed by atoms with Crippen LogP contribution in [0, 0.1) is 0 Å². The number of hydrogen-bond acceptors (Lipinski definition) is 2. The highest BCUT2D eigenvalue weighted by atomic mass is 15.2. The molecule has 3 heterocycles. The van der Waals surface area contributed by atoms with Crippen molar-refractivity contribution in [2.75, 3.05) is 11.9 Å².